The predicted octanol–water partition coefficient (Wildman–Crippen LogP) is 5.64. The summed E-state index contributed by atoms with van der Waals surface area (Å²) < 4.78 is 69.6. The second-order valence-corrected chi connectivity index (χ2v) is 8.94. The Morgan fingerprint density at radius 3 is 2.35 bits per heavy atom. The summed E-state index contributed by atoms with van der Waals surface area (Å²) in [6.07, 6.45) is -4.58. The number of unbranched alkanes of at least 4 members (excludes halogenated alkanes) is 1. The Kier molecular flexibility index (Phi) is 8.50. The monoisotopic (exact) mass is 558 g/mol. The molecule has 182 valence electrons. The van der Waals surface area contributed by atoms with Gasteiger partial charge in [0, 0.05) is 17.4 Å². The molecule has 0 saturated heterocycles. The number of carbonyl (C=O) groups excluding carboxylic acids is 1. The van der Waals surface area contributed by atoms with E-state index in [1.54, 1.807) is 24.3 Å². The molecule has 1 amide bonds. The van der Waals surface area contributed by atoms with Gasteiger partial charge in [-0.25, -0.2) is 13.8 Å². The molecule has 1 atom stereocenters. The standard InChI is InChI=1S/C22H21BrF3N3O4S/c1-15-4-6-16(7-5-15)19-14-20(22(24,25)26)27-29(19)17-8-10-18(11-9-17)33-21(30)28(34(31)32)13-3-2-12-23/h4-11,14H,2-3,12-13H2,1H3,(H,31,32)/p-1. The normalized spacial score (nSPS) is 12.4. The SMILES string of the molecule is Cc1ccc(-c2cc(C(F)(F)F)nn2-c2ccc(OC(=O)N(CCCCBr)S(=O)[O-])cc2)cc1. The Bertz CT molecular complexity index is 1150. The van der Waals surface area contributed by atoms with Crippen LogP contribution in [0.1, 0.15) is 24.1 Å². The number of carbonyl (C=O) groups is 1. The Hall–Kier alpha value is -2.70. The van der Waals surface area contributed by atoms with E-state index in [0.717, 1.165) is 16.3 Å². The van der Waals surface area contributed by atoms with Crippen LogP contribution in [-0.4, -0.2) is 40.8 Å². The van der Waals surface area contributed by atoms with E-state index < -0.39 is 29.2 Å². The van der Waals surface area contributed by atoms with E-state index in [1.807, 2.05) is 6.92 Å². The van der Waals surface area contributed by atoms with Crippen LogP contribution in [0.25, 0.3) is 16.9 Å². The van der Waals surface area contributed by atoms with Crippen LogP contribution >= 0.6 is 15.9 Å². The fourth-order valence-electron chi connectivity index (χ4n) is 3.03. The first-order chi connectivity index (χ1) is 16.1. The van der Waals surface area contributed by atoms with Gasteiger partial charge in [-0.1, -0.05) is 45.8 Å². The van der Waals surface area contributed by atoms with Crippen LogP contribution in [0.4, 0.5) is 18.0 Å². The number of alkyl halides is 4. The minimum absolute atomic E-state index is 0.0322. The number of hydrogen-bond donors (Lipinski definition) is 0. The minimum Gasteiger partial charge on any atom is -0.755 e. The third-order valence-electron chi connectivity index (χ3n) is 4.76. The lowest BCUT2D eigenvalue weighted by Gasteiger charge is -2.23. The lowest BCUT2D eigenvalue weighted by atomic mass is 10.1. The first-order valence-corrected chi connectivity index (χ1v) is 12.2. The number of ether oxygens (including phenoxy) is 1. The highest BCUT2D eigenvalue weighted by Crippen LogP contribution is 2.33. The summed E-state index contributed by atoms with van der Waals surface area (Å²) in [7, 11) is 0. The minimum atomic E-state index is -4.63. The molecule has 0 aliphatic rings. The first kappa shape index (κ1) is 25.9. The third kappa shape index (κ3) is 6.45. The molecule has 2 aromatic carbocycles. The Morgan fingerprint density at radius 2 is 1.79 bits per heavy atom. The highest BCUT2D eigenvalue weighted by atomic mass is 79.9. The van der Waals surface area contributed by atoms with Crippen molar-refractivity contribution >= 4 is 33.3 Å². The van der Waals surface area contributed by atoms with E-state index in [4.69, 9.17) is 4.74 Å². The van der Waals surface area contributed by atoms with Gasteiger partial charge in [0.05, 0.1) is 22.6 Å². The number of nitrogens with zero attached hydrogens (tertiary/aromatic N) is 3. The summed E-state index contributed by atoms with van der Waals surface area (Å²) in [5.41, 5.74) is 0.985. The Labute approximate surface area is 205 Å². The average Bonchev–Trinajstić information content (AvgIpc) is 3.23. The topological polar surface area (TPSA) is 87.5 Å². The molecular formula is C22H20BrF3N3O4S-. The Morgan fingerprint density at radius 1 is 1.15 bits per heavy atom. The van der Waals surface area contributed by atoms with Gasteiger partial charge in [0.2, 0.25) is 0 Å². The second-order valence-electron chi connectivity index (χ2n) is 7.27. The fourth-order valence-corrected chi connectivity index (χ4v) is 3.86. The Balaban J connectivity index is 1.86. The highest BCUT2D eigenvalue weighted by molar-refractivity contribution is 9.09. The average molecular weight is 559 g/mol. The molecule has 0 N–H and O–H groups in total. The molecule has 0 bridgehead atoms. The van der Waals surface area contributed by atoms with Crippen molar-refractivity contribution in [2.45, 2.75) is 25.9 Å². The number of hydrogen-bond acceptors (Lipinski definition) is 5. The van der Waals surface area contributed by atoms with Crippen molar-refractivity contribution in [1.29, 1.82) is 0 Å². The predicted molar refractivity (Wildman–Crippen MR) is 123 cm³/mol. The summed E-state index contributed by atoms with van der Waals surface area (Å²) in [4.78, 5) is 12.2. The van der Waals surface area contributed by atoms with E-state index >= 15 is 0 Å². The van der Waals surface area contributed by atoms with Crippen LogP contribution in [0.3, 0.4) is 0 Å². The van der Waals surface area contributed by atoms with Crippen molar-refractivity contribution in [3.8, 4) is 22.7 Å². The zero-order valence-corrected chi connectivity index (χ0v) is 20.3. The van der Waals surface area contributed by atoms with Crippen molar-refractivity contribution in [3.05, 3.63) is 65.9 Å². The second kappa shape index (κ2) is 11.2. The van der Waals surface area contributed by atoms with Gasteiger partial charge in [-0.2, -0.15) is 18.3 Å². The summed E-state index contributed by atoms with van der Waals surface area (Å²) in [6.45, 7) is 1.83. The van der Waals surface area contributed by atoms with Crippen LogP contribution in [0.15, 0.2) is 54.6 Å². The number of aromatic nitrogens is 2. The first-order valence-electron chi connectivity index (χ1n) is 10.1. The zero-order chi connectivity index (χ0) is 24.9. The van der Waals surface area contributed by atoms with Gasteiger partial charge >= 0.3 is 12.3 Å². The largest absolute Gasteiger partial charge is 0.755 e. The number of halogens is 4. The third-order valence-corrected chi connectivity index (χ3v) is 6.01. The molecular weight excluding hydrogens is 539 g/mol. The molecule has 34 heavy (non-hydrogen) atoms. The summed E-state index contributed by atoms with van der Waals surface area (Å²) in [5, 5.41) is 4.39. The van der Waals surface area contributed by atoms with Crippen LogP contribution in [-0.2, 0) is 17.4 Å². The van der Waals surface area contributed by atoms with E-state index in [0.29, 0.717) is 33.7 Å². The maximum absolute atomic E-state index is 13.3. The van der Waals surface area contributed by atoms with Crippen LogP contribution < -0.4 is 4.74 Å². The fraction of sp³-hybridized carbons (Fsp3) is 0.273. The molecule has 0 fully saturated rings. The maximum Gasteiger partial charge on any atom is 0.435 e. The maximum atomic E-state index is 13.3. The molecule has 0 saturated carbocycles. The van der Waals surface area contributed by atoms with Gasteiger partial charge < -0.3 is 9.29 Å². The molecule has 1 heterocycles. The molecule has 0 aliphatic carbocycles. The molecule has 0 spiro atoms. The van der Waals surface area contributed by atoms with Crippen LogP contribution in [0.2, 0.25) is 0 Å². The molecule has 1 aromatic heterocycles. The highest BCUT2D eigenvalue weighted by Gasteiger charge is 2.35. The summed E-state index contributed by atoms with van der Waals surface area (Å²) in [5.74, 6) is 0.0322. The van der Waals surface area contributed by atoms with Crippen molar-refractivity contribution in [1.82, 2.24) is 14.1 Å². The molecule has 12 heteroatoms. The molecule has 7 nitrogen and oxygen atoms in total. The summed E-state index contributed by atoms with van der Waals surface area (Å²) in [6, 6.07) is 13.5. The lowest BCUT2D eigenvalue weighted by Crippen LogP contribution is -2.35. The van der Waals surface area contributed by atoms with Crippen LogP contribution in [0.5, 0.6) is 5.75 Å². The molecule has 0 radical (unpaired) electrons. The van der Waals surface area contributed by atoms with Crippen LogP contribution in [0, 0.1) is 6.92 Å². The van der Waals surface area contributed by atoms with Gasteiger partial charge in [-0.3, -0.25) is 4.21 Å². The smallest absolute Gasteiger partial charge is 0.435 e. The summed E-state index contributed by atoms with van der Waals surface area (Å²) >= 11 is 0.427. The molecule has 3 rings (SSSR count). The quantitative estimate of drug-likeness (QED) is 0.203. The van der Waals surface area contributed by atoms with Crippen molar-refractivity contribution in [2.24, 2.45) is 0 Å². The van der Waals surface area contributed by atoms with E-state index in [-0.39, 0.29) is 18.0 Å². The van der Waals surface area contributed by atoms with Gasteiger partial charge in [0.1, 0.15) is 5.75 Å². The van der Waals surface area contributed by atoms with Gasteiger partial charge in [-0.05, 0) is 50.1 Å². The number of benzene rings is 2. The number of amides is 1. The molecule has 0 aliphatic heterocycles. The van der Waals surface area contributed by atoms with Gasteiger partial charge in [0.15, 0.2) is 5.69 Å². The van der Waals surface area contributed by atoms with E-state index in [9.17, 15) is 26.7 Å². The van der Waals surface area contributed by atoms with Crippen molar-refractivity contribution in [3.63, 3.8) is 0 Å². The van der Waals surface area contributed by atoms with Crippen molar-refractivity contribution in [2.75, 3.05) is 11.9 Å². The van der Waals surface area contributed by atoms with Crippen molar-refractivity contribution < 1.29 is 31.5 Å². The molecule has 1 unspecified atom stereocenters. The van der Waals surface area contributed by atoms with E-state index in [1.165, 1.54) is 24.3 Å². The van der Waals surface area contributed by atoms with Gasteiger partial charge in [0.25, 0.3) is 0 Å². The number of aryl methyl sites for hydroxylation is 1. The van der Waals surface area contributed by atoms with E-state index in [2.05, 4.69) is 21.0 Å². The lowest BCUT2D eigenvalue weighted by molar-refractivity contribution is -0.141. The molecule has 3 aromatic rings. The zero-order valence-electron chi connectivity index (χ0n) is 17.9. The van der Waals surface area contributed by atoms with Gasteiger partial charge in [-0.15, -0.1) is 0 Å². The number of rotatable bonds is 8.